The molecule has 0 radical (unpaired) electrons. The first-order valence-corrected chi connectivity index (χ1v) is 31.4. The smallest absolute Gasteiger partial charge is 0.306 e. The summed E-state index contributed by atoms with van der Waals surface area (Å²) in [6.07, 6.45) is 65.5. The number of amides is 1. The van der Waals surface area contributed by atoms with Gasteiger partial charge in [-0.1, -0.05) is 264 Å². The lowest BCUT2D eigenvalue weighted by molar-refractivity contribution is -0.305. The molecule has 1 rings (SSSR count). The Morgan fingerprint density at radius 3 is 1.49 bits per heavy atom. The fourth-order valence-electron chi connectivity index (χ4n) is 9.02. The lowest BCUT2D eigenvalue weighted by Gasteiger charge is -2.41. The van der Waals surface area contributed by atoms with E-state index in [9.17, 15) is 35.1 Å². The van der Waals surface area contributed by atoms with Crippen molar-refractivity contribution in [1.29, 1.82) is 0 Å². The second-order valence-electron chi connectivity index (χ2n) is 21.2. The molecule has 0 aromatic rings. The minimum absolute atomic E-state index is 0.0210. The van der Waals surface area contributed by atoms with Crippen LogP contribution in [0.4, 0.5) is 0 Å². The molecular weight excluding hydrogens is 991 g/mol. The number of nitrogens with one attached hydrogen (secondary N) is 1. The predicted octanol–water partition coefficient (Wildman–Crippen LogP) is 15.1. The number of rotatable bonds is 51. The number of aliphatic hydroxyl groups is 5. The van der Waals surface area contributed by atoms with Crippen LogP contribution in [0.2, 0.25) is 0 Å². The first-order chi connectivity index (χ1) is 38.7. The second kappa shape index (κ2) is 54.6. The fraction of sp³-hybridized carbons (Fsp3) is 0.676. The maximum Gasteiger partial charge on any atom is 0.306 e. The Morgan fingerprint density at radius 1 is 0.519 bits per heavy atom. The van der Waals surface area contributed by atoms with E-state index >= 15 is 0 Å². The van der Waals surface area contributed by atoms with Gasteiger partial charge in [0.15, 0.2) is 12.4 Å². The standard InChI is InChI=1S/C68H113NO10/c1-4-7-10-13-16-19-22-24-25-26-27-28-29-30-31-32-33-34-35-36-38-40-43-46-49-52-55-61(72)67(76)69-59(60(71)54-51-48-45-42-39-21-18-15-12-9-6-3)58-77-68-66(65(75)64(74)62(57-70)78-68)79-63(73)56-53-50-47-44-41-37-23-20-17-14-11-8-5-2/h8,11,14,16-17,19-20,23-25,27-28,30-31,37,41,44,47,51,54,59-62,64-66,68,70-72,74-75H,4-7,9-10,12-13,15,18,21-22,26,29,32-36,38-40,42-43,45-46,48-50,52-53,55-58H2,1-3H3,(H,69,76)/b11-8+,17-14+,19-16-,23-20-,25-24-,28-27-,31-30-,41-37-,47-44+,54-51+. The lowest BCUT2D eigenvalue weighted by atomic mass is 9.99. The molecule has 1 heterocycles. The van der Waals surface area contributed by atoms with E-state index in [0.29, 0.717) is 19.3 Å². The highest BCUT2D eigenvalue weighted by molar-refractivity contribution is 5.80. The van der Waals surface area contributed by atoms with Gasteiger partial charge in [-0.15, -0.1) is 0 Å². The number of carbonyl (C=O) groups is 2. The van der Waals surface area contributed by atoms with E-state index in [-0.39, 0.29) is 19.4 Å². The van der Waals surface area contributed by atoms with Gasteiger partial charge < -0.3 is 45.1 Å². The Labute approximate surface area is 480 Å². The SMILES string of the molecule is CC/C=C/C=C/C=C\C=C/C=C/CCCC(=O)OC1C(OCC(NC(=O)C(O)CCCCCCCCCCCC/C=C\C/C=C\C/C=C\C/C=C\CCCCC)C(O)/C=C/CCCCCCCCCCC)OC(CO)C(O)C1O. The number of hydrogen-bond donors (Lipinski definition) is 6. The van der Waals surface area contributed by atoms with Crippen LogP contribution in [0.1, 0.15) is 233 Å². The van der Waals surface area contributed by atoms with Crippen LogP contribution in [0.5, 0.6) is 0 Å². The van der Waals surface area contributed by atoms with Gasteiger partial charge in [-0.05, 0) is 83.5 Å². The molecule has 8 unspecified atom stereocenters. The average Bonchev–Trinajstić information content (AvgIpc) is 3.47. The zero-order valence-electron chi connectivity index (χ0n) is 49.7. The Morgan fingerprint density at radius 2 is 0.962 bits per heavy atom. The van der Waals surface area contributed by atoms with Gasteiger partial charge in [0, 0.05) is 6.42 Å². The summed E-state index contributed by atoms with van der Waals surface area (Å²) in [7, 11) is 0. The van der Waals surface area contributed by atoms with Crippen molar-refractivity contribution < 1.29 is 49.3 Å². The molecule has 1 fully saturated rings. The first kappa shape index (κ1) is 73.1. The minimum Gasteiger partial charge on any atom is -0.454 e. The monoisotopic (exact) mass is 1100 g/mol. The molecule has 11 nitrogen and oxygen atoms in total. The molecular formula is C68H113NO10. The van der Waals surface area contributed by atoms with E-state index in [4.69, 9.17) is 14.2 Å². The quantitative estimate of drug-likeness (QED) is 0.0149. The van der Waals surface area contributed by atoms with Crippen LogP contribution in [-0.4, -0.2) is 99.6 Å². The van der Waals surface area contributed by atoms with Crippen molar-refractivity contribution in [3.05, 3.63) is 122 Å². The van der Waals surface area contributed by atoms with E-state index in [2.05, 4.69) is 80.8 Å². The molecule has 1 aliphatic heterocycles. The van der Waals surface area contributed by atoms with Crippen LogP contribution < -0.4 is 5.32 Å². The topological polar surface area (TPSA) is 175 Å². The molecule has 1 amide bonds. The van der Waals surface area contributed by atoms with Gasteiger partial charge in [-0.2, -0.15) is 0 Å². The second-order valence-corrected chi connectivity index (χ2v) is 21.2. The van der Waals surface area contributed by atoms with Gasteiger partial charge in [-0.3, -0.25) is 9.59 Å². The van der Waals surface area contributed by atoms with E-state index in [1.54, 1.807) is 6.08 Å². The molecule has 450 valence electrons. The molecule has 79 heavy (non-hydrogen) atoms. The number of hydrogen-bond acceptors (Lipinski definition) is 10. The first-order valence-electron chi connectivity index (χ1n) is 31.4. The molecule has 8 atom stereocenters. The van der Waals surface area contributed by atoms with Crippen molar-refractivity contribution in [1.82, 2.24) is 5.32 Å². The normalized spacial score (nSPS) is 19.7. The molecule has 11 heteroatoms. The molecule has 0 bridgehead atoms. The van der Waals surface area contributed by atoms with E-state index in [1.165, 1.54) is 103 Å². The molecule has 6 N–H and O–H groups in total. The molecule has 0 spiro atoms. The molecule has 0 aromatic heterocycles. The van der Waals surface area contributed by atoms with Crippen LogP contribution in [0.15, 0.2) is 122 Å². The highest BCUT2D eigenvalue weighted by Crippen LogP contribution is 2.26. The van der Waals surface area contributed by atoms with E-state index in [1.807, 2.05) is 60.8 Å². The Balaban J connectivity index is 2.63. The highest BCUT2D eigenvalue weighted by atomic mass is 16.7. The number of esters is 1. The highest BCUT2D eigenvalue weighted by Gasteiger charge is 2.47. The van der Waals surface area contributed by atoms with Crippen molar-refractivity contribution in [2.24, 2.45) is 0 Å². The largest absolute Gasteiger partial charge is 0.454 e. The Hall–Kier alpha value is -3.94. The molecule has 1 saturated heterocycles. The van der Waals surface area contributed by atoms with Gasteiger partial charge in [0.2, 0.25) is 5.91 Å². The molecule has 0 aromatic carbocycles. The van der Waals surface area contributed by atoms with Crippen LogP contribution in [-0.2, 0) is 23.8 Å². The number of unbranched alkanes of at least 4 members (excludes halogenated alkanes) is 23. The zero-order valence-corrected chi connectivity index (χ0v) is 49.7. The van der Waals surface area contributed by atoms with Gasteiger partial charge in [-0.25, -0.2) is 0 Å². The summed E-state index contributed by atoms with van der Waals surface area (Å²) in [4.78, 5) is 26.5. The van der Waals surface area contributed by atoms with Crippen molar-refractivity contribution in [3.8, 4) is 0 Å². The number of aliphatic hydroxyl groups excluding tert-OH is 5. The van der Waals surface area contributed by atoms with Gasteiger partial charge in [0.25, 0.3) is 0 Å². The molecule has 0 saturated carbocycles. The maximum atomic E-state index is 13.4. The van der Waals surface area contributed by atoms with Gasteiger partial charge in [0.1, 0.15) is 24.4 Å². The third-order valence-corrected chi connectivity index (χ3v) is 14.0. The van der Waals surface area contributed by atoms with Gasteiger partial charge in [0.05, 0.1) is 25.4 Å². The van der Waals surface area contributed by atoms with Crippen LogP contribution in [0.3, 0.4) is 0 Å². The van der Waals surface area contributed by atoms with E-state index < -0.39 is 67.4 Å². The van der Waals surface area contributed by atoms with Crippen LogP contribution in [0, 0.1) is 0 Å². The van der Waals surface area contributed by atoms with Crippen molar-refractivity contribution >= 4 is 11.9 Å². The average molecular weight is 1100 g/mol. The summed E-state index contributed by atoms with van der Waals surface area (Å²) in [6.45, 7) is 5.55. The number of allylic oxidation sites excluding steroid dienone is 19. The van der Waals surface area contributed by atoms with Gasteiger partial charge >= 0.3 is 5.97 Å². The van der Waals surface area contributed by atoms with Crippen molar-refractivity contribution in [3.63, 3.8) is 0 Å². The lowest BCUT2D eigenvalue weighted by Crippen LogP contribution is -2.61. The predicted molar refractivity (Wildman–Crippen MR) is 328 cm³/mol. The third kappa shape index (κ3) is 42.6. The fourth-order valence-corrected chi connectivity index (χ4v) is 9.02. The minimum atomic E-state index is -1.65. The maximum absolute atomic E-state index is 13.4. The summed E-state index contributed by atoms with van der Waals surface area (Å²) in [5, 5.41) is 56.9. The summed E-state index contributed by atoms with van der Waals surface area (Å²) in [5.74, 6) is -1.29. The third-order valence-electron chi connectivity index (χ3n) is 14.0. The number of ether oxygens (including phenoxy) is 3. The summed E-state index contributed by atoms with van der Waals surface area (Å²) in [6, 6.07) is -1.05. The summed E-state index contributed by atoms with van der Waals surface area (Å²) in [5.41, 5.74) is 0. The zero-order chi connectivity index (χ0) is 57.5. The number of carbonyl (C=O) groups excluding carboxylic acids is 2. The molecule has 0 aliphatic carbocycles. The van der Waals surface area contributed by atoms with Crippen LogP contribution in [0.25, 0.3) is 0 Å². The Kier molecular flexibility index (Phi) is 50.5. The van der Waals surface area contributed by atoms with Crippen molar-refractivity contribution in [2.75, 3.05) is 13.2 Å². The van der Waals surface area contributed by atoms with Crippen LogP contribution >= 0.6 is 0 Å². The summed E-state index contributed by atoms with van der Waals surface area (Å²) >= 11 is 0. The Bertz CT molecular complexity index is 1740. The van der Waals surface area contributed by atoms with Crippen molar-refractivity contribution in [2.45, 2.75) is 282 Å². The molecule has 1 aliphatic rings. The van der Waals surface area contributed by atoms with E-state index in [0.717, 1.165) is 77.0 Å². The summed E-state index contributed by atoms with van der Waals surface area (Å²) < 4.78 is 17.5.